The number of anilines is 1. The van der Waals surface area contributed by atoms with E-state index in [9.17, 15) is 14.4 Å². The number of fused-ring (bicyclic) bond motifs is 1. The molecule has 0 radical (unpaired) electrons. The lowest BCUT2D eigenvalue weighted by Gasteiger charge is -2.12. The number of ether oxygens (including phenoxy) is 1. The number of thiophene rings is 1. The molecular weight excluding hydrogens is 370 g/mol. The van der Waals surface area contributed by atoms with Crippen molar-refractivity contribution in [2.24, 2.45) is 0 Å². The van der Waals surface area contributed by atoms with Crippen LogP contribution in [0.4, 0.5) is 5.00 Å². The van der Waals surface area contributed by atoms with Crippen molar-refractivity contribution in [3.63, 3.8) is 0 Å². The lowest BCUT2D eigenvalue weighted by atomic mass is 9.95. The molecule has 1 aliphatic carbocycles. The van der Waals surface area contributed by atoms with Crippen LogP contribution < -0.4 is 5.32 Å². The number of esters is 1. The second-order valence-electron chi connectivity index (χ2n) is 6.28. The average molecular weight is 391 g/mol. The predicted octanol–water partition coefficient (Wildman–Crippen LogP) is 2.90. The molecule has 0 saturated heterocycles. The summed E-state index contributed by atoms with van der Waals surface area (Å²) in [7, 11) is 0. The van der Waals surface area contributed by atoms with Gasteiger partial charge in [0.1, 0.15) is 11.0 Å². The quantitative estimate of drug-likeness (QED) is 0.733. The maximum atomic E-state index is 12.6. The highest BCUT2D eigenvalue weighted by Gasteiger charge is 2.28. The van der Waals surface area contributed by atoms with E-state index < -0.39 is 23.9 Å². The highest BCUT2D eigenvalue weighted by Crippen LogP contribution is 2.38. The van der Waals surface area contributed by atoms with Gasteiger partial charge in [0, 0.05) is 11.1 Å². The fourth-order valence-electron chi connectivity index (χ4n) is 3.03. The summed E-state index contributed by atoms with van der Waals surface area (Å²) < 4.78 is 6.38. The Bertz CT molecular complexity index is 886. The number of aliphatic carboxylic acids is 1. The van der Waals surface area contributed by atoms with Crippen LogP contribution in [-0.4, -0.2) is 39.3 Å². The molecule has 9 heteroatoms. The molecule has 2 N–H and O–H groups in total. The third-order valence-electron chi connectivity index (χ3n) is 4.47. The SMILES string of the molecule is CCOC(=O)c1c(NC(=O)c2ccn(C(C)C(=O)O)n2)sc2c1CCCC2. The monoisotopic (exact) mass is 391 g/mol. The largest absolute Gasteiger partial charge is 0.480 e. The average Bonchev–Trinajstić information content (AvgIpc) is 3.25. The number of carboxylic acid groups (broad SMARTS) is 1. The first-order chi connectivity index (χ1) is 12.9. The van der Waals surface area contributed by atoms with Crippen LogP contribution in [0.2, 0.25) is 0 Å². The Hall–Kier alpha value is -2.68. The normalized spacial score (nSPS) is 14.3. The fourth-order valence-corrected chi connectivity index (χ4v) is 4.30. The van der Waals surface area contributed by atoms with E-state index in [1.807, 2.05) is 0 Å². The van der Waals surface area contributed by atoms with Crippen molar-refractivity contribution in [1.82, 2.24) is 9.78 Å². The molecule has 2 aromatic heterocycles. The molecule has 0 bridgehead atoms. The minimum atomic E-state index is -1.04. The van der Waals surface area contributed by atoms with Gasteiger partial charge in [0.15, 0.2) is 5.69 Å². The number of rotatable bonds is 6. The van der Waals surface area contributed by atoms with Crippen LogP contribution in [0.15, 0.2) is 12.3 Å². The maximum Gasteiger partial charge on any atom is 0.341 e. The van der Waals surface area contributed by atoms with E-state index in [2.05, 4.69) is 10.4 Å². The van der Waals surface area contributed by atoms with Crippen LogP contribution >= 0.6 is 11.3 Å². The second-order valence-corrected chi connectivity index (χ2v) is 7.39. The Morgan fingerprint density at radius 3 is 2.81 bits per heavy atom. The lowest BCUT2D eigenvalue weighted by Crippen LogP contribution is -2.19. The summed E-state index contributed by atoms with van der Waals surface area (Å²) in [4.78, 5) is 37.2. The number of carbonyl (C=O) groups excluding carboxylic acids is 2. The molecule has 144 valence electrons. The van der Waals surface area contributed by atoms with Gasteiger partial charge in [-0.2, -0.15) is 5.10 Å². The number of aromatic nitrogens is 2. The zero-order chi connectivity index (χ0) is 19.6. The van der Waals surface area contributed by atoms with Crippen molar-refractivity contribution in [1.29, 1.82) is 0 Å². The van der Waals surface area contributed by atoms with Gasteiger partial charge >= 0.3 is 11.9 Å². The minimum absolute atomic E-state index is 0.0873. The number of nitrogens with zero attached hydrogens (tertiary/aromatic N) is 2. The summed E-state index contributed by atoms with van der Waals surface area (Å²) in [5, 5.41) is 16.3. The lowest BCUT2D eigenvalue weighted by molar-refractivity contribution is -0.140. The molecule has 2 heterocycles. The van der Waals surface area contributed by atoms with Gasteiger partial charge in [-0.3, -0.25) is 9.48 Å². The van der Waals surface area contributed by atoms with Crippen LogP contribution in [0.5, 0.6) is 0 Å². The van der Waals surface area contributed by atoms with Gasteiger partial charge in [-0.05, 0) is 51.2 Å². The van der Waals surface area contributed by atoms with Crippen LogP contribution in [0.3, 0.4) is 0 Å². The molecule has 1 unspecified atom stereocenters. The predicted molar refractivity (Wildman–Crippen MR) is 99.4 cm³/mol. The molecule has 1 aliphatic rings. The van der Waals surface area contributed by atoms with Crippen LogP contribution in [0, 0.1) is 0 Å². The van der Waals surface area contributed by atoms with Crippen molar-refractivity contribution < 1.29 is 24.2 Å². The van der Waals surface area contributed by atoms with E-state index in [4.69, 9.17) is 9.84 Å². The number of amides is 1. The molecule has 2 aromatic rings. The fraction of sp³-hybridized carbons (Fsp3) is 0.444. The summed E-state index contributed by atoms with van der Waals surface area (Å²) in [5.41, 5.74) is 1.48. The van der Waals surface area contributed by atoms with E-state index in [0.29, 0.717) is 10.6 Å². The molecule has 0 fully saturated rings. The molecular formula is C18H21N3O5S. The molecule has 0 spiro atoms. The molecule has 8 nitrogen and oxygen atoms in total. The molecule has 0 aliphatic heterocycles. The van der Waals surface area contributed by atoms with E-state index in [0.717, 1.165) is 36.1 Å². The number of hydrogen-bond acceptors (Lipinski definition) is 6. The molecule has 27 heavy (non-hydrogen) atoms. The topological polar surface area (TPSA) is 111 Å². The molecule has 1 atom stereocenters. The first kappa shape index (κ1) is 19.1. The number of carboxylic acids is 1. The zero-order valence-corrected chi connectivity index (χ0v) is 16.0. The number of nitrogens with one attached hydrogen (secondary N) is 1. The Labute approximate surface area is 160 Å². The molecule has 3 rings (SSSR count). The van der Waals surface area contributed by atoms with E-state index in [-0.39, 0.29) is 12.3 Å². The Kier molecular flexibility index (Phi) is 5.59. The summed E-state index contributed by atoms with van der Waals surface area (Å²) in [5.74, 6) is -1.96. The zero-order valence-electron chi connectivity index (χ0n) is 15.2. The third kappa shape index (κ3) is 3.87. The molecule has 0 saturated carbocycles. The molecule has 1 amide bonds. The van der Waals surface area contributed by atoms with Crippen molar-refractivity contribution in [2.75, 3.05) is 11.9 Å². The Morgan fingerprint density at radius 1 is 1.37 bits per heavy atom. The van der Waals surface area contributed by atoms with Gasteiger partial charge in [0.2, 0.25) is 0 Å². The second kappa shape index (κ2) is 7.91. The highest BCUT2D eigenvalue weighted by molar-refractivity contribution is 7.17. The van der Waals surface area contributed by atoms with E-state index >= 15 is 0 Å². The number of carbonyl (C=O) groups is 3. The summed E-state index contributed by atoms with van der Waals surface area (Å²) in [6.45, 7) is 3.47. The Morgan fingerprint density at radius 2 is 2.11 bits per heavy atom. The number of hydrogen-bond donors (Lipinski definition) is 2. The standard InChI is InChI=1S/C18H21N3O5S/c1-3-26-18(25)14-11-6-4-5-7-13(11)27-16(14)19-15(22)12-8-9-21(20-12)10(2)17(23)24/h8-10H,3-7H2,1-2H3,(H,19,22)(H,23,24). The van der Waals surface area contributed by atoms with Gasteiger partial charge in [-0.15, -0.1) is 11.3 Å². The summed E-state index contributed by atoms with van der Waals surface area (Å²) in [6, 6.07) is 0.572. The first-order valence-electron chi connectivity index (χ1n) is 8.83. The van der Waals surface area contributed by atoms with Crippen LogP contribution in [0.1, 0.15) is 64.0 Å². The van der Waals surface area contributed by atoms with Gasteiger partial charge in [-0.1, -0.05) is 0 Å². The van der Waals surface area contributed by atoms with Crippen molar-refractivity contribution in [3.05, 3.63) is 34.0 Å². The first-order valence-corrected chi connectivity index (χ1v) is 9.65. The van der Waals surface area contributed by atoms with Gasteiger partial charge in [0.05, 0.1) is 12.2 Å². The van der Waals surface area contributed by atoms with Crippen molar-refractivity contribution >= 4 is 34.2 Å². The Balaban J connectivity index is 1.86. The highest BCUT2D eigenvalue weighted by atomic mass is 32.1. The van der Waals surface area contributed by atoms with Gasteiger partial charge in [0.25, 0.3) is 5.91 Å². The van der Waals surface area contributed by atoms with Crippen LogP contribution in [-0.2, 0) is 22.4 Å². The van der Waals surface area contributed by atoms with Crippen molar-refractivity contribution in [2.45, 2.75) is 45.6 Å². The third-order valence-corrected chi connectivity index (χ3v) is 5.68. The van der Waals surface area contributed by atoms with Gasteiger partial charge < -0.3 is 15.2 Å². The maximum absolute atomic E-state index is 12.6. The molecule has 0 aromatic carbocycles. The van der Waals surface area contributed by atoms with Crippen LogP contribution in [0.25, 0.3) is 0 Å². The van der Waals surface area contributed by atoms with E-state index in [1.54, 1.807) is 6.92 Å². The van der Waals surface area contributed by atoms with Gasteiger partial charge in [-0.25, -0.2) is 9.59 Å². The smallest absolute Gasteiger partial charge is 0.341 e. The minimum Gasteiger partial charge on any atom is -0.480 e. The van der Waals surface area contributed by atoms with Crippen molar-refractivity contribution in [3.8, 4) is 0 Å². The number of aryl methyl sites for hydroxylation is 1. The summed E-state index contributed by atoms with van der Waals surface area (Å²) in [6.07, 6.45) is 5.18. The summed E-state index contributed by atoms with van der Waals surface area (Å²) >= 11 is 1.40. The van der Waals surface area contributed by atoms with E-state index in [1.165, 1.54) is 35.2 Å².